The molecule has 2 heterocycles. The number of piperidine rings is 1. The van der Waals surface area contributed by atoms with Crippen LogP contribution in [-0.4, -0.2) is 54.1 Å². The van der Waals surface area contributed by atoms with Crippen LogP contribution in [0.5, 0.6) is 5.75 Å². The van der Waals surface area contributed by atoms with Crippen LogP contribution in [-0.2, 0) is 0 Å². The average molecular weight is 517 g/mol. The highest BCUT2D eigenvalue weighted by atomic mass is 35.5. The van der Waals surface area contributed by atoms with Gasteiger partial charge in [-0.2, -0.15) is 0 Å². The number of aliphatic hydroxyl groups is 1. The van der Waals surface area contributed by atoms with Crippen LogP contribution in [0, 0.1) is 12.3 Å². The number of aliphatic hydroxyl groups excluding tert-OH is 1. The highest BCUT2D eigenvalue weighted by molar-refractivity contribution is 7.99. The molecule has 1 aromatic heterocycles. The number of hydrogen-bond donors (Lipinski definition) is 1. The van der Waals surface area contributed by atoms with Gasteiger partial charge in [0.15, 0.2) is 0 Å². The molecule has 1 unspecified atom stereocenters. The van der Waals surface area contributed by atoms with E-state index in [9.17, 15) is 5.11 Å². The zero-order valence-corrected chi connectivity index (χ0v) is 22.0. The Labute approximate surface area is 216 Å². The van der Waals surface area contributed by atoms with Crippen molar-refractivity contribution in [3.05, 3.63) is 64.8 Å². The molecule has 0 spiro atoms. The van der Waals surface area contributed by atoms with Gasteiger partial charge in [0.1, 0.15) is 11.9 Å². The third kappa shape index (κ3) is 6.29. The second-order valence-corrected chi connectivity index (χ2v) is 11.1. The first kappa shape index (κ1) is 26.2. The molecular formula is C28H34ClFN2O2S. The zero-order valence-electron chi connectivity index (χ0n) is 20.5. The molecule has 0 amide bonds. The molecule has 0 bridgehead atoms. The van der Waals surface area contributed by atoms with Crippen LogP contribution < -0.4 is 4.74 Å². The van der Waals surface area contributed by atoms with Crippen LogP contribution in [0.25, 0.3) is 10.9 Å². The molecule has 1 N–H and O–H groups in total. The first-order valence-corrected chi connectivity index (χ1v) is 13.6. The van der Waals surface area contributed by atoms with E-state index >= 15 is 4.39 Å². The predicted molar refractivity (Wildman–Crippen MR) is 143 cm³/mol. The summed E-state index contributed by atoms with van der Waals surface area (Å²) in [4.78, 5) is 8.13. The average Bonchev–Trinajstić information content (AvgIpc) is 2.89. The standard InChI is InChI=1S/C28H34ClFN2O2S/c1-20-5-3-4-6-26(20)35-16-15-32-13-11-28(19-33,12-14-32)10-9-24(30)27-22-17-21(34-2)7-8-25(22)31-18-23(27)29/h3-8,17-18,24,33H,9-16,19H2,1-2H3. The summed E-state index contributed by atoms with van der Waals surface area (Å²) in [6.07, 6.45) is 2.99. The summed E-state index contributed by atoms with van der Waals surface area (Å²) in [5.74, 6) is 1.69. The molecule has 7 heteroatoms. The second-order valence-electron chi connectivity index (χ2n) is 9.52. The largest absolute Gasteiger partial charge is 0.497 e. The number of aryl methyl sites for hydroxylation is 1. The fourth-order valence-corrected chi connectivity index (χ4v) is 6.24. The van der Waals surface area contributed by atoms with E-state index in [1.807, 2.05) is 23.9 Å². The van der Waals surface area contributed by atoms with Gasteiger partial charge < -0.3 is 14.7 Å². The lowest BCUT2D eigenvalue weighted by Crippen LogP contribution is -2.42. The fraction of sp³-hybridized carbons (Fsp3) is 0.464. The number of hydrogen-bond acceptors (Lipinski definition) is 5. The first-order chi connectivity index (χ1) is 16.9. The zero-order chi connectivity index (χ0) is 24.8. The molecule has 4 rings (SSSR count). The maximum Gasteiger partial charge on any atom is 0.127 e. The molecular weight excluding hydrogens is 483 g/mol. The maximum absolute atomic E-state index is 15.6. The van der Waals surface area contributed by atoms with Gasteiger partial charge in [0, 0.05) is 40.9 Å². The summed E-state index contributed by atoms with van der Waals surface area (Å²) >= 11 is 8.30. The molecule has 188 valence electrons. The second kappa shape index (κ2) is 11.9. The number of halogens is 2. The molecule has 0 radical (unpaired) electrons. The number of alkyl halides is 1. The number of methoxy groups -OCH3 is 1. The van der Waals surface area contributed by atoms with E-state index in [1.54, 1.807) is 13.2 Å². The third-order valence-electron chi connectivity index (χ3n) is 7.32. The number of aromatic nitrogens is 1. The Balaban J connectivity index is 1.34. The molecule has 0 aliphatic carbocycles. The Kier molecular flexibility index (Phi) is 8.92. The number of likely N-dealkylation sites (tertiary alicyclic amines) is 1. The molecule has 1 aliphatic heterocycles. The number of thioether (sulfide) groups is 1. The molecule has 1 atom stereocenters. The molecule has 3 aromatic rings. The third-order valence-corrected chi connectivity index (χ3v) is 8.78. The molecule has 2 aromatic carbocycles. The van der Waals surface area contributed by atoms with Crippen molar-refractivity contribution in [1.82, 2.24) is 9.88 Å². The van der Waals surface area contributed by atoms with Crippen LogP contribution in [0.4, 0.5) is 4.39 Å². The predicted octanol–water partition coefficient (Wildman–Crippen LogP) is 6.86. The van der Waals surface area contributed by atoms with Crippen molar-refractivity contribution in [2.75, 3.05) is 39.1 Å². The van der Waals surface area contributed by atoms with E-state index in [2.05, 4.69) is 41.1 Å². The number of nitrogens with zero attached hydrogens (tertiary/aromatic N) is 2. The lowest BCUT2D eigenvalue weighted by molar-refractivity contribution is 0.0323. The van der Waals surface area contributed by atoms with Crippen molar-refractivity contribution in [3.63, 3.8) is 0 Å². The maximum atomic E-state index is 15.6. The minimum atomic E-state index is -1.23. The number of benzene rings is 2. The summed E-state index contributed by atoms with van der Waals surface area (Å²) in [5.41, 5.74) is 2.24. The van der Waals surface area contributed by atoms with E-state index < -0.39 is 6.17 Å². The van der Waals surface area contributed by atoms with E-state index in [4.69, 9.17) is 16.3 Å². The minimum Gasteiger partial charge on any atom is -0.497 e. The number of rotatable bonds is 10. The monoisotopic (exact) mass is 516 g/mol. The van der Waals surface area contributed by atoms with Crippen LogP contribution in [0.15, 0.2) is 53.6 Å². The summed E-state index contributed by atoms with van der Waals surface area (Å²) in [6.45, 7) is 5.12. The van der Waals surface area contributed by atoms with Crippen molar-refractivity contribution in [2.24, 2.45) is 5.41 Å². The van der Waals surface area contributed by atoms with E-state index in [0.29, 0.717) is 40.1 Å². The number of fused-ring (bicyclic) bond motifs is 1. The van der Waals surface area contributed by atoms with Crippen LogP contribution in [0.2, 0.25) is 5.02 Å². The van der Waals surface area contributed by atoms with Gasteiger partial charge in [-0.1, -0.05) is 29.8 Å². The Bertz CT molecular complexity index is 1140. The molecule has 35 heavy (non-hydrogen) atoms. The topological polar surface area (TPSA) is 45.6 Å². The first-order valence-electron chi connectivity index (χ1n) is 12.2. The Morgan fingerprint density at radius 2 is 2.00 bits per heavy atom. The van der Waals surface area contributed by atoms with Gasteiger partial charge in [0.25, 0.3) is 0 Å². The van der Waals surface area contributed by atoms with Crippen LogP contribution >= 0.6 is 23.4 Å². The highest BCUT2D eigenvalue weighted by Crippen LogP contribution is 2.42. The molecule has 1 aliphatic rings. The number of ether oxygens (including phenoxy) is 1. The Hall–Kier alpha value is -1.86. The summed E-state index contributed by atoms with van der Waals surface area (Å²) in [7, 11) is 1.59. The van der Waals surface area contributed by atoms with Gasteiger partial charge in [0.2, 0.25) is 0 Å². The minimum absolute atomic E-state index is 0.0875. The van der Waals surface area contributed by atoms with Gasteiger partial charge in [0.05, 0.1) is 17.6 Å². The molecule has 1 saturated heterocycles. The smallest absolute Gasteiger partial charge is 0.127 e. The SMILES string of the molecule is COc1ccc2ncc(Cl)c(C(F)CCC3(CO)CCN(CCSc4ccccc4C)CC3)c2c1. The molecule has 4 nitrogen and oxygen atoms in total. The fourth-order valence-electron chi connectivity index (χ4n) is 4.93. The van der Waals surface area contributed by atoms with Crippen LogP contribution in [0.3, 0.4) is 0 Å². The van der Waals surface area contributed by atoms with Crippen LogP contribution in [0.1, 0.15) is 43.0 Å². The Morgan fingerprint density at radius 1 is 1.23 bits per heavy atom. The lowest BCUT2D eigenvalue weighted by atomic mass is 9.74. The summed E-state index contributed by atoms with van der Waals surface area (Å²) in [6, 6.07) is 13.9. The lowest BCUT2D eigenvalue weighted by Gasteiger charge is -2.41. The van der Waals surface area contributed by atoms with Crippen molar-refractivity contribution in [2.45, 2.75) is 43.7 Å². The highest BCUT2D eigenvalue weighted by Gasteiger charge is 2.35. The van der Waals surface area contributed by atoms with E-state index in [-0.39, 0.29) is 12.0 Å². The summed E-state index contributed by atoms with van der Waals surface area (Å²) in [5, 5.41) is 11.3. The van der Waals surface area contributed by atoms with Gasteiger partial charge >= 0.3 is 0 Å². The van der Waals surface area contributed by atoms with Crippen molar-refractivity contribution in [1.29, 1.82) is 0 Å². The normalized spacial score (nSPS) is 16.9. The van der Waals surface area contributed by atoms with Crippen molar-refractivity contribution < 1.29 is 14.2 Å². The number of pyridine rings is 1. The van der Waals surface area contributed by atoms with Gasteiger partial charge in [-0.25, -0.2) is 4.39 Å². The van der Waals surface area contributed by atoms with Crippen molar-refractivity contribution in [3.8, 4) is 5.75 Å². The van der Waals surface area contributed by atoms with Gasteiger partial charge in [-0.05, 0) is 80.9 Å². The molecule has 0 saturated carbocycles. The Morgan fingerprint density at radius 3 is 2.71 bits per heavy atom. The van der Waals surface area contributed by atoms with E-state index in [0.717, 1.165) is 38.2 Å². The van der Waals surface area contributed by atoms with Gasteiger partial charge in [-0.3, -0.25) is 4.98 Å². The summed E-state index contributed by atoms with van der Waals surface area (Å²) < 4.78 is 20.9. The molecule has 1 fully saturated rings. The van der Waals surface area contributed by atoms with E-state index in [1.165, 1.54) is 16.7 Å². The van der Waals surface area contributed by atoms with Crippen molar-refractivity contribution >= 4 is 34.3 Å². The quantitative estimate of drug-likeness (QED) is 0.298. The van der Waals surface area contributed by atoms with Gasteiger partial charge in [-0.15, -0.1) is 11.8 Å².